The maximum atomic E-state index is 14.1. The highest BCUT2D eigenvalue weighted by Gasteiger charge is 2.64. The molecular formula is C37H53ClN4O9. The molecule has 8 atom stereocenters. The van der Waals surface area contributed by atoms with Crippen molar-refractivity contribution in [2.45, 2.75) is 96.0 Å². The van der Waals surface area contributed by atoms with Crippen LogP contribution >= 0.6 is 11.6 Å². The molecule has 3 heterocycles. The molecule has 3 aliphatic heterocycles. The highest BCUT2D eigenvalue weighted by atomic mass is 35.5. The second-order valence-electron chi connectivity index (χ2n) is 14.6. The van der Waals surface area contributed by atoms with Crippen LogP contribution < -0.4 is 15.0 Å². The number of likely N-dealkylation sites (N-methyl/N-ethyl adjacent to an activating group) is 1. The van der Waals surface area contributed by atoms with Gasteiger partial charge in [-0.05, 0) is 59.0 Å². The van der Waals surface area contributed by atoms with Crippen molar-refractivity contribution in [2.75, 3.05) is 46.7 Å². The number of allylic oxidation sites excluding steroid dienone is 3. The van der Waals surface area contributed by atoms with Crippen LogP contribution in [0.15, 0.2) is 35.9 Å². The summed E-state index contributed by atoms with van der Waals surface area (Å²) < 4.78 is 23.6. The number of carbonyl (C=O) groups is 4. The van der Waals surface area contributed by atoms with Gasteiger partial charge in [0.1, 0.15) is 40.3 Å². The molecule has 282 valence electrons. The number of methoxy groups -OCH3 is 1. The maximum absolute atomic E-state index is 14.1. The Labute approximate surface area is 305 Å². The van der Waals surface area contributed by atoms with E-state index in [2.05, 4.69) is 5.32 Å². The summed E-state index contributed by atoms with van der Waals surface area (Å²) in [6, 6.07) is 2.67. The highest BCUT2D eigenvalue weighted by Crippen LogP contribution is 2.49. The standard InChI is InChI=1S/C37H53ClN4O9/c1-21-12-11-13-22(2)37(47)20-28(49-35(46)39-37)23(3)33-36(5,51-33)29(50-34(45)24(4)41(8)30(43)14-15-40(6)7)19-31(44)42(9)26-17-25(16-21)18-27(48-10)32(26)38/h11-13,17-18,22-24,28-29,33,47H,14-16,19-20H2,1-10H3,(H,39,46)/b13-11+,21-12+/t22-,23-,24+,28+,29-,33+,36+,37+/m1/s1. The van der Waals surface area contributed by atoms with Gasteiger partial charge in [-0.3, -0.25) is 14.9 Å². The lowest BCUT2D eigenvalue weighted by Gasteiger charge is -2.41. The largest absolute Gasteiger partial charge is 0.495 e. The van der Waals surface area contributed by atoms with Gasteiger partial charge in [-0.1, -0.05) is 49.2 Å². The number of aliphatic hydroxyl groups is 1. The molecule has 1 aromatic carbocycles. The molecule has 2 N–H and O–H groups in total. The molecule has 2 fully saturated rings. The maximum Gasteiger partial charge on any atom is 0.409 e. The molecule has 2 saturated heterocycles. The number of nitrogens with one attached hydrogen (secondary N) is 1. The van der Waals surface area contributed by atoms with Gasteiger partial charge in [-0.2, -0.15) is 0 Å². The summed E-state index contributed by atoms with van der Waals surface area (Å²) in [6.07, 6.45) is 2.83. The fourth-order valence-electron chi connectivity index (χ4n) is 6.62. The molecule has 13 nitrogen and oxygen atoms in total. The second-order valence-corrected chi connectivity index (χ2v) is 15.0. The number of amides is 3. The van der Waals surface area contributed by atoms with Crippen molar-refractivity contribution >= 4 is 41.2 Å². The van der Waals surface area contributed by atoms with Crippen LogP contribution in [0.25, 0.3) is 0 Å². The topological polar surface area (TPSA) is 150 Å². The molecule has 51 heavy (non-hydrogen) atoms. The summed E-state index contributed by atoms with van der Waals surface area (Å²) in [5, 5.41) is 14.5. The monoisotopic (exact) mass is 732 g/mol. The average Bonchev–Trinajstić information content (AvgIpc) is 3.77. The first-order valence-electron chi connectivity index (χ1n) is 17.3. The normalized spacial score (nSPS) is 32.1. The van der Waals surface area contributed by atoms with E-state index in [0.29, 0.717) is 24.4 Å². The predicted octanol–water partition coefficient (Wildman–Crippen LogP) is 4.09. The van der Waals surface area contributed by atoms with Crippen molar-refractivity contribution in [3.63, 3.8) is 0 Å². The lowest BCUT2D eigenvalue weighted by atomic mass is 9.82. The number of hydrogen-bond donors (Lipinski definition) is 2. The van der Waals surface area contributed by atoms with Crippen LogP contribution in [0, 0.1) is 11.8 Å². The molecule has 4 rings (SSSR count). The SMILES string of the molecule is COc1cc2cc(c1Cl)N(C)C(=O)C[C@@H](OC(=O)[C@H](C)N(C)C(=O)CCN(C)C)[C@]1(C)O[C@H]1[C@H](C)[C@@H]1C[C@@](O)(NC(=O)O1)[C@H](C)/C=C/C=C(\C)C2. The first-order valence-corrected chi connectivity index (χ1v) is 17.7. The zero-order chi connectivity index (χ0) is 38.0. The Hall–Kier alpha value is -3.65. The van der Waals surface area contributed by atoms with Crippen LogP contribution in [0.3, 0.4) is 0 Å². The zero-order valence-electron chi connectivity index (χ0n) is 31.3. The number of esters is 1. The Morgan fingerprint density at radius 3 is 2.55 bits per heavy atom. The molecule has 0 saturated carbocycles. The second kappa shape index (κ2) is 15.9. The van der Waals surface area contributed by atoms with Crippen molar-refractivity contribution < 1.29 is 43.2 Å². The third kappa shape index (κ3) is 9.05. The third-order valence-electron chi connectivity index (χ3n) is 10.4. The quantitative estimate of drug-likeness (QED) is 0.310. The van der Waals surface area contributed by atoms with Crippen LogP contribution in [0.4, 0.5) is 10.5 Å². The average molecular weight is 733 g/mol. The van der Waals surface area contributed by atoms with Gasteiger partial charge in [-0.25, -0.2) is 9.59 Å². The summed E-state index contributed by atoms with van der Waals surface area (Å²) in [6.45, 7) is 9.42. The fraction of sp³-hybridized carbons (Fsp3) is 0.622. The molecule has 4 bridgehead atoms. The predicted molar refractivity (Wildman–Crippen MR) is 192 cm³/mol. The molecular weight excluding hydrogens is 680 g/mol. The summed E-state index contributed by atoms with van der Waals surface area (Å²) in [4.78, 5) is 58.0. The van der Waals surface area contributed by atoms with E-state index in [1.807, 2.05) is 70.1 Å². The molecule has 0 spiro atoms. The molecule has 1 aromatic rings. The number of hydrogen-bond acceptors (Lipinski definition) is 10. The molecule has 0 aromatic heterocycles. The van der Waals surface area contributed by atoms with Crippen LogP contribution in [0.2, 0.25) is 5.02 Å². The van der Waals surface area contributed by atoms with E-state index < -0.39 is 65.5 Å². The number of epoxide rings is 1. The molecule has 0 unspecified atom stereocenters. The van der Waals surface area contributed by atoms with Crippen LogP contribution in [-0.4, -0.2) is 116 Å². The van der Waals surface area contributed by atoms with Gasteiger partial charge in [0.05, 0.1) is 25.3 Å². The highest BCUT2D eigenvalue weighted by molar-refractivity contribution is 6.35. The number of alkyl carbamates (subject to hydrolysis) is 1. The van der Waals surface area contributed by atoms with E-state index in [0.717, 1.165) is 11.1 Å². The minimum absolute atomic E-state index is 0.0667. The first-order chi connectivity index (χ1) is 23.8. The van der Waals surface area contributed by atoms with Gasteiger partial charge in [0, 0.05) is 45.3 Å². The van der Waals surface area contributed by atoms with Crippen LogP contribution in [0.1, 0.15) is 59.4 Å². The molecule has 0 aliphatic carbocycles. The number of benzene rings is 1. The van der Waals surface area contributed by atoms with Gasteiger partial charge in [0.15, 0.2) is 0 Å². The Kier molecular flexibility index (Phi) is 12.5. The van der Waals surface area contributed by atoms with Gasteiger partial charge in [0.2, 0.25) is 11.8 Å². The van der Waals surface area contributed by atoms with Crippen LogP contribution in [0.5, 0.6) is 5.75 Å². The smallest absolute Gasteiger partial charge is 0.409 e. The zero-order valence-corrected chi connectivity index (χ0v) is 32.1. The number of fused-ring (bicyclic) bond motifs is 5. The van der Waals surface area contributed by atoms with Crippen molar-refractivity contribution in [1.29, 1.82) is 0 Å². The number of carbonyl (C=O) groups excluding carboxylic acids is 4. The Bertz CT molecular complexity index is 1570. The Morgan fingerprint density at radius 1 is 1.22 bits per heavy atom. The van der Waals surface area contributed by atoms with Gasteiger partial charge in [-0.15, -0.1) is 0 Å². The lowest BCUT2D eigenvalue weighted by molar-refractivity contribution is -0.162. The minimum atomic E-state index is -1.61. The number of halogens is 1. The molecule has 3 amide bonds. The van der Waals surface area contributed by atoms with E-state index in [1.54, 1.807) is 20.9 Å². The fourth-order valence-corrected chi connectivity index (χ4v) is 6.93. The lowest BCUT2D eigenvalue weighted by Crippen LogP contribution is -2.60. The van der Waals surface area contributed by atoms with Crippen molar-refractivity contribution in [2.24, 2.45) is 11.8 Å². The van der Waals surface area contributed by atoms with E-state index in [9.17, 15) is 24.3 Å². The summed E-state index contributed by atoms with van der Waals surface area (Å²) >= 11 is 6.75. The minimum Gasteiger partial charge on any atom is -0.495 e. The van der Waals surface area contributed by atoms with E-state index in [4.69, 9.17) is 30.5 Å². The summed E-state index contributed by atoms with van der Waals surface area (Å²) in [5.41, 5.74) is -0.555. The number of anilines is 1. The molecule has 0 radical (unpaired) electrons. The molecule has 14 heteroatoms. The van der Waals surface area contributed by atoms with Crippen molar-refractivity contribution in [1.82, 2.24) is 15.1 Å². The van der Waals surface area contributed by atoms with E-state index in [1.165, 1.54) is 24.0 Å². The van der Waals surface area contributed by atoms with Gasteiger partial charge < -0.3 is 38.8 Å². The van der Waals surface area contributed by atoms with Gasteiger partial charge >= 0.3 is 12.1 Å². The Morgan fingerprint density at radius 2 is 1.90 bits per heavy atom. The van der Waals surface area contributed by atoms with Gasteiger partial charge in [0.25, 0.3) is 0 Å². The Balaban J connectivity index is 1.73. The first kappa shape index (κ1) is 40.1. The van der Waals surface area contributed by atoms with Crippen molar-refractivity contribution in [3.05, 3.63) is 46.5 Å². The number of nitrogens with zero attached hydrogens (tertiary/aromatic N) is 3. The summed E-state index contributed by atoms with van der Waals surface area (Å²) in [7, 11) is 8.34. The third-order valence-corrected chi connectivity index (χ3v) is 10.8. The number of ether oxygens (including phenoxy) is 4. The summed E-state index contributed by atoms with van der Waals surface area (Å²) in [5.74, 6) is -1.91. The number of rotatable bonds is 7. The molecule has 3 aliphatic rings. The van der Waals surface area contributed by atoms with E-state index in [-0.39, 0.29) is 30.2 Å². The van der Waals surface area contributed by atoms with E-state index >= 15 is 0 Å². The van der Waals surface area contributed by atoms with Crippen LogP contribution in [-0.2, 0) is 35.0 Å². The van der Waals surface area contributed by atoms with Crippen molar-refractivity contribution in [3.8, 4) is 5.75 Å².